The van der Waals surface area contributed by atoms with Gasteiger partial charge in [-0.05, 0) is 31.0 Å². The first-order valence-corrected chi connectivity index (χ1v) is 11.1. The number of benzene rings is 2. The molecule has 0 saturated carbocycles. The van der Waals surface area contributed by atoms with Crippen molar-refractivity contribution in [1.82, 2.24) is 10.2 Å². The minimum Gasteiger partial charge on any atom is -0.497 e. The number of thioether (sulfide) groups is 1. The lowest BCUT2D eigenvalue weighted by Gasteiger charge is -2.30. The first-order chi connectivity index (χ1) is 14.5. The van der Waals surface area contributed by atoms with Crippen molar-refractivity contribution in [2.45, 2.75) is 37.7 Å². The molecule has 0 radical (unpaired) electrons. The Morgan fingerprint density at radius 3 is 2.33 bits per heavy atom. The van der Waals surface area contributed by atoms with Crippen LogP contribution in [0.2, 0.25) is 0 Å². The number of carbonyl (C=O) groups excluding carboxylic acids is 2. The lowest BCUT2D eigenvalue weighted by molar-refractivity contribution is -0.125. The Balaban J connectivity index is 1.99. The molecule has 2 aromatic carbocycles. The van der Waals surface area contributed by atoms with E-state index in [0.717, 1.165) is 12.0 Å². The van der Waals surface area contributed by atoms with E-state index >= 15 is 0 Å². The van der Waals surface area contributed by atoms with E-state index in [1.165, 1.54) is 0 Å². The molecule has 1 heterocycles. The third-order valence-electron chi connectivity index (χ3n) is 5.22. The van der Waals surface area contributed by atoms with Crippen LogP contribution >= 0.6 is 11.8 Å². The quantitative estimate of drug-likeness (QED) is 0.725. The Morgan fingerprint density at radius 2 is 1.77 bits per heavy atom. The highest BCUT2D eigenvalue weighted by Crippen LogP contribution is 2.42. The molecule has 3 atom stereocenters. The van der Waals surface area contributed by atoms with Crippen LogP contribution in [0.15, 0.2) is 48.5 Å². The lowest BCUT2D eigenvalue weighted by atomic mass is 10.1. The smallest absolute Gasteiger partial charge is 0.256 e. The number of ether oxygens (including phenoxy) is 2. The number of nitrogens with zero attached hydrogens (tertiary/aromatic N) is 1. The van der Waals surface area contributed by atoms with Gasteiger partial charge in [-0.2, -0.15) is 0 Å². The van der Waals surface area contributed by atoms with Crippen LogP contribution in [0.4, 0.5) is 0 Å². The Labute approximate surface area is 181 Å². The standard InChI is InChI=1S/C23H28N2O4S/c1-5-15(2)24-21(26)20-14-30-23(16-9-7-6-8-10-16)25(20)22(27)17-11-18(28-3)13-19(12-17)29-4/h6-13,15,20,23H,5,14H2,1-4H3,(H,24,26). The number of methoxy groups -OCH3 is 2. The summed E-state index contributed by atoms with van der Waals surface area (Å²) >= 11 is 1.60. The molecule has 1 N–H and O–H groups in total. The highest BCUT2D eigenvalue weighted by molar-refractivity contribution is 7.99. The molecule has 1 saturated heterocycles. The molecule has 7 heteroatoms. The third-order valence-corrected chi connectivity index (χ3v) is 6.54. The van der Waals surface area contributed by atoms with E-state index in [1.54, 1.807) is 49.1 Å². The average Bonchev–Trinajstić information content (AvgIpc) is 3.23. The van der Waals surface area contributed by atoms with Gasteiger partial charge in [0.15, 0.2) is 0 Å². The second-order valence-corrected chi connectivity index (χ2v) is 8.36. The highest BCUT2D eigenvalue weighted by atomic mass is 32.2. The van der Waals surface area contributed by atoms with Crippen molar-refractivity contribution in [1.29, 1.82) is 0 Å². The molecule has 0 aromatic heterocycles. The molecule has 1 aliphatic heterocycles. The fourth-order valence-electron chi connectivity index (χ4n) is 3.35. The Bertz CT molecular complexity index is 868. The average molecular weight is 429 g/mol. The van der Waals surface area contributed by atoms with Crippen molar-refractivity contribution in [3.05, 3.63) is 59.7 Å². The molecule has 30 heavy (non-hydrogen) atoms. The number of hydrogen-bond acceptors (Lipinski definition) is 5. The van der Waals surface area contributed by atoms with Crippen LogP contribution in [0.3, 0.4) is 0 Å². The molecular formula is C23H28N2O4S. The van der Waals surface area contributed by atoms with E-state index < -0.39 is 6.04 Å². The van der Waals surface area contributed by atoms with E-state index in [-0.39, 0.29) is 23.2 Å². The maximum Gasteiger partial charge on any atom is 0.256 e. The Hall–Kier alpha value is -2.67. The van der Waals surface area contributed by atoms with Gasteiger partial charge in [0, 0.05) is 23.4 Å². The van der Waals surface area contributed by atoms with E-state index in [9.17, 15) is 9.59 Å². The molecule has 160 valence electrons. The first kappa shape index (κ1) is 22.0. The summed E-state index contributed by atoms with van der Waals surface area (Å²) in [7, 11) is 3.09. The van der Waals surface area contributed by atoms with Crippen LogP contribution in [0.5, 0.6) is 11.5 Å². The summed E-state index contributed by atoms with van der Waals surface area (Å²) in [4.78, 5) is 28.4. The monoisotopic (exact) mass is 428 g/mol. The van der Waals surface area contributed by atoms with Gasteiger partial charge in [0.1, 0.15) is 22.9 Å². The Morgan fingerprint density at radius 1 is 1.13 bits per heavy atom. The van der Waals surface area contributed by atoms with Gasteiger partial charge >= 0.3 is 0 Å². The number of rotatable bonds is 7. The molecule has 2 amide bonds. The zero-order valence-electron chi connectivity index (χ0n) is 17.8. The minimum absolute atomic E-state index is 0.0483. The van der Waals surface area contributed by atoms with Crippen LogP contribution in [0.1, 0.15) is 41.6 Å². The van der Waals surface area contributed by atoms with Crippen molar-refractivity contribution >= 4 is 23.6 Å². The van der Waals surface area contributed by atoms with Crippen molar-refractivity contribution in [2.75, 3.05) is 20.0 Å². The zero-order valence-corrected chi connectivity index (χ0v) is 18.6. The largest absolute Gasteiger partial charge is 0.497 e. The summed E-state index contributed by atoms with van der Waals surface area (Å²) in [5.74, 6) is 1.24. The maximum atomic E-state index is 13.7. The highest BCUT2D eigenvalue weighted by Gasteiger charge is 2.42. The third kappa shape index (κ3) is 4.73. The number of hydrogen-bond donors (Lipinski definition) is 1. The molecular weight excluding hydrogens is 400 g/mol. The predicted molar refractivity (Wildman–Crippen MR) is 119 cm³/mol. The summed E-state index contributed by atoms with van der Waals surface area (Å²) in [5, 5.41) is 2.78. The number of carbonyl (C=O) groups is 2. The summed E-state index contributed by atoms with van der Waals surface area (Å²) < 4.78 is 10.7. The molecule has 2 aromatic rings. The molecule has 1 aliphatic rings. The second-order valence-electron chi connectivity index (χ2n) is 7.24. The van der Waals surface area contributed by atoms with Gasteiger partial charge in [-0.25, -0.2) is 0 Å². The van der Waals surface area contributed by atoms with Crippen LogP contribution in [-0.4, -0.2) is 48.8 Å². The van der Waals surface area contributed by atoms with Crippen molar-refractivity contribution < 1.29 is 19.1 Å². The predicted octanol–water partition coefficient (Wildman–Crippen LogP) is 3.87. The van der Waals surface area contributed by atoms with Gasteiger partial charge in [0.2, 0.25) is 5.91 Å². The van der Waals surface area contributed by atoms with Gasteiger partial charge in [-0.1, -0.05) is 37.3 Å². The Kier molecular flexibility index (Phi) is 7.26. The molecule has 6 nitrogen and oxygen atoms in total. The summed E-state index contributed by atoms with van der Waals surface area (Å²) in [5.41, 5.74) is 1.42. The SMILES string of the molecule is CCC(C)NC(=O)C1CSC(c2ccccc2)N1C(=O)c1cc(OC)cc(OC)c1. The maximum absolute atomic E-state index is 13.7. The topological polar surface area (TPSA) is 67.9 Å². The van der Waals surface area contributed by atoms with Gasteiger partial charge in [0.25, 0.3) is 5.91 Å². The van der Waals surface area contributed by atoms with E-state index in [2.05, 4.69) is 5.32 Å². The van der Waals surface area contributed by atoms with Crippen molar-refractivity contribution in [3.8, 4) is 11.5 Å². The summed E-state index contributed by atoms with van der Waals surface area (Å²) in [6.45, 7) is 3.99. The zero-order chi connectivity index (χ0) is 21.7. The van der Waals surface area contributed by atoms with Gasteiger partial charge in [-0.3, -0.25) is 9.59 Å². The summed E-state index contributed by atoms with van der Waals surface area (Å²) in [6, 6.07) is 14.4. The molecule has 0 spiro atoms. The number of nitrogens with one attached hydrogen (secondary N) is 1. The van der Waals surface area contributed by atoms with Crippen molar-refractivity contribution in [2.24, 2.45) is 0 Å². The lowest BCUT2D eigenvalue weighted by Crippen LogP contribution is -2.49. The van der Waals surface area contributed by atoms with E-state index in [1.807, 2.05) is 44.2 Å². The number of amides is 2. The molecule has 0 aliphatic carbocycles. The van der Waals surface area contributed by atoms with E-state index in [0.29, 0.717) is 22.8 Å². The van der Waals surface area contributed by atoms with Gasteiger partial charge in [-0.15, -0.1) is 11.8 Å². The fraction of sp³-hybridized carbons (Fsp3) is 0.391. The van der Waals surface area contributed by atoms with E-state index in [4.69, 9.17) is 9.47 Å². The molecule has 1 fully saturated rings. The molecule has 0 bridgehead atoms. The van der Waals surface area contributed by atoms with Gasteiger partial charge in [0.05, 0.1) is 14.2 Å². The minimum atomic E-state index is -0.557. The molecule has 3 unspecified atom stereocenters. The van der Waals surface area contributed by atoms with Crippen LogP contribution in [0, 0.1) is 0 Å². The molecule has 3 rings (SSSR count). The summed E-state index contributed by atoms with van der Waals surface area (Å²) in [6.07, 6.45) is 0.828. The van der Waals surface area contributed by atoms with Crippen LogP contribution in [0.25, 0.3) is 0 Å². The first-order valence-electron chi connectivity index (χ1n) is 10.0. The normalized spacial score (nSPS) is 19.3. The van der Waals surface area contributed by atoms with Crippen LogP contribution in [-0.2, 0) is 4.79 Å². The van der Waals surface area contributed by atoms with Gasteiger partial charge < -0.3 is 19.7 Å². The van der Waals surface area contributed by atoms with Crippen LogP contribution < -0.4 is 14.8 Å². The second kappa shape index (κ2) is 9.89. The fourth-order valence-corrected chi connectivity index (χ4v) is 4.78. The van der Waals surface area contributed by atoms with Crippen molar-refractivity contribution in [3.63, 3.8) is 0 Å².